The average Bonchev–Trinajstić information content (AvgIpc) is 3.45. The quantitative estimate of drug-likeness (QED) is 0.444. The molecule has 0 aliphatic heterocycles. The first-order valence-corrected chi connectivity index (χ1v) is 10.6. The van der Waals surface area contributed by atoms with Crippen molar-refractivity contribution in [3.8, 4) is 5.69 Å². The third-order valence-electron chi connectivity index (χ3n) is 4.69. The summed E-state index contributed by atoms with van der Waals surface area (Å²) in [6.07, 6.45) is 6.81. The third-order valence-corrected chi connectivity index (χ3v) is 5.65. The van der Waals surface area contributed by atoms with Gasteiger partial charge in [-0.1, -0.05) is 60.3 Å². The molecule has 4 rings (SSSR count). The Kier molecular flexibility index (Phi) is 6.24. The van der Waals surface area contributed by atoms with E-state index in [1.807, 2.05) is 59.3 Å². The van der Waals surface area contributed by atoms with E-state index in [0.29, 0.717) is 6.54 Å². The van der Waals surface area contributed by atoms with Crippen molar-refractivity contribution in [1.82, 2.24) is 29.6 Å². The summed E-state index contributed by atoms with van der Waals surface area (Å²) < 4.78 is 3.73. The van der Waals surface area contributed by atoms with E-state index in [9.17, 15) is 4.79 Å². The number of hydrogen-bond donors (Lipinski definition) is 1. The molecule has 0 aliphatic rings. The van der Waals surface area contributed by atoms with Gasteiger partial charge in [-0.2, -0.15) is 5.10 Å². The maximum absolute atomic E-state index is 12.8. The van der Waals surface area contributed by atoms with Gasteiger partial charge in [-0.15, -0.1) is 0 Å². The lowest BCUT2D eigenvalue weighted by molar-refractivity contribution is -0.119. The van der Waals surface area contributed by atoms with Gasteiger partial charge in [0.15, 0.2) is 5.16 Å². The van der Waals surface area contributed by atoms with E-state index in [1.54, 1.807) is 17.2 Å². The van der Waals surface area contributed by atoms with Gasteiger partial charge in [-0.25, -0.2) is 9.97 Å². The van der Waals surface area contributed by atoms with Crippen LogP contribution in [-0.4, -0.2) is 36.0 Å². The minimum Gasteiger partial charge on any atom is -0.347 e. The Labute approximate surface area is 179 Å². The highest BCUT2D eigenvalue weighted by atomic mass is 32.2. The summed E-state index contributed by atoms with van der Waals surface area (Å²) in [6.45, 7) is 2.57. The second-order valence-corrected chi connectivity index (χ2v) is 7.75. The van der Waals surface area contributed by atoms with Gasteiger partial charge in [0.05, 0.1) is 24.0 Å². The van der Waals surface area contributed by atoms with Crippen molar-refractivity contribution in [3.63, 3.8) is 0 Å². The van der Waals surface area contributed by atoms with Crippen molar-refractivity contribution >= 4 is 17.7 Å². The Morgan fingerprint density at radius 1 is 1.13 bits per heavy atom. The molecule has 30 heavy (non-hydrogen) atoms. The van der Waals surface area contributed by atoms with Gasteiger partial charge in [0.2, 0.25) is 5.91 Å². The fraction of sp³-hybridized carbons (Fsp3) is 0.182. The number of benzene rings is 2. The van der Waals surface area contributed by atoms with E-state index in [-0.39, 0.29) is 17.7 Å². The maximum Gasteiger partial charge on any atom is 0.231 e. The number of rotatable bonds is 8. The summed E-state index contributed by atoms with van der Waals surface area (Å²) in [5, 5.41) is 8.07. The number of imidazole rings is 1. The normalized spacial score (nSPS) is 11.9. The number of carbonyl (C=O) groups excluding carboxylic acids is 1. The Morgan fingerprint density at radius 2 is 1.93 bits per heavy atom. The van der Waals surface area contributed by atoms with Crippen LogP contribution in [0.1, 0.15) is 17.2 Å². The largest absolute Gasteiger partial charge is 0.347 e. The lowest BCUT2D eigenvalue weighted by Crippen LogP contribution is -2.32. The number of aryl methyl sites for hydroxylation is 1. The zero-order chi connectivity index (χ0) is 20.8. The summed E-state index contributed by atoms with van der Waals surface area (Å²) in [5.41, 5.74) is 3.23. The van der Waals surface area contributed by atoms with Gasteiger partial charge in [-0.3, -0.25) is 14.0 Å². The zero-order valence-electron chi connectivity index (χ0n) is 16.5. The Morgan fingerprint density at radius 3 is 2.70 bits per heavy atom. The Hall–Kier alpha value is -3.39. The van der Waals surface area contributed by atoms with E-state index >= 15 is 0 Å². The molecule has 4 aromatic rings. The lowest BCUT2D eigenvalue weighted by atomic mass is 10.1. The van der Waals surface area contributed by atoms with E-state index in [2.05, 4.69) is 33.4 Å². The number of hydrogen-bond acceptors (Lipinski definition) is 5. The number of carbonyl (C=O) groups is 1. The molecule has 1 amide bonds. The molecule has 0 radical (unpaired) electrons. The van der Waals surface area contributed by atoms with E-state index < -0.39 is 0 Å². The molecule has 0 saturated carbocycles. The van der Waals surface area contributed by atoms with Crippen LogP contribution >= 0.6 is 11.8 Å². The van der Waals surface area contributed by atoms with Crippen molar-refractivity contribution in [2.24, 2.45) is 0 Å². The highest BCUT2D eigenvalue weighted by molar-refractivity contribution is 7.99. The van der Waals surface area contributed by atoms with Crippen LogP contribution in [0.4, 0.5) is 0 Å². The third kappa shape index (κ3) is 4.77. The van der Waals surface area contributed by atoms with Gasteiger partial charge in [0, 0.05) is 12.4 Å². The highest BCUT2D eigenvalue weighted by Gasteiger charge is 2.17. The molecule has 7 nitrogen and oxygen atoms in total. The SMILES string of the molecule is Cc1ccccc1-n1ccnc1SCC(=O)NC(Cn1cncn1)c1ccccc1. The van der Waals surface area contributed by atoms with Gasteiger partial charge in [0.1, 0.15) is 12.7 Å². The fourth-order valence-corrected chi connectivity index (χ4v) is 3.99. The first-order chi connectivity index (χ1) is 14.7. The summed E-state index contributed by atoms with van der Waals surface area (Å²) in [7, 11) is 0. The van der Waals surface area contributed by atoms with Gasteiger partial charge in [0.25, 0.3) is 0 Å². The molecule has 1 unspecified atom stereocenters. The standard InChI is InChI=1S/C22H22N6OS/c1-17-7-5-6-10-20(17)28-12-11-24-22(28)30-14-21(29)26-19(13-27-16-23-15-25-27)18-8-3-2-4-9-18/h2-12,15-16,19H,13-14H2,1H3,(H,26,29). The molecule has 0 spiro atoms. The van der Waals surface area contributed by atoms with Crippen LogP contribution in [0.3, 0.4) is 0 Å². The molecule has 2 aromatic heterocycles. The molecule has 0 bridgehead atoms. The molecule has 0 aliphatic carbocycles. The van der Waals surface area contributed by atoms with Gasteiger partial charge in [-0.05, 0) is 24.1 Å². The minimum absolute atomic E-state index is 0.0618. The second kappa shape index (κ2) is 9.41. The van der Waals surface area contributed by atoms with Crippen LogP contribution in [0, 0.1) is 6.92 Å². The van der Waals surface area contributed by atoms with Crippen LogP contribution in [0.5, 0.6) is 0 Å². The molecule has 0 fully saturated rings. The van der Waals surface area contributed by atoms with Gasteiger partial charge >= 0.3 is 0 Å². The van der Waals surface area contributed by atoms with Crippen LogP contribution in [0.2, 0.25) is 0 Å². The first kappa shape index (κ1) is 19.9. The smallest absolute Gasteiger partial charge is 0.231 e. The van der Waals surface area contributed by atoms with Crippen molar-refractivity contribution in [2.45, 2.75) is 24.7 Å². The molecule has 1 N–H and O–H groups in total. The summed E-state index contributed by atoms with van der Waals surface area (Å²) in [5.74, 6) is 0.206. The topological polar surface area (TPSA) is 77.6 Å². The minimum atomic E-state index is -0.197. The maximum atomic E-state index is 12.8. The molecule has 0 saturated heterocycles. The fourth-order valence-electron chi connectivity index (χ4n) is 3.21. The molecular weight excluding hydrogens is 396 g/mol. The number of nitrogens with zero attached hydrogens (tertiary/aromatic N) is 5. The lowest BCUT2D eigenvalue weighted by Gasteiger charge is -2.19. The molecule has 2 heterocycles. The monoisotopic (exact) mass is 418 g/mol. The van der Waals surface area contributed by atoms with E-state index in [4.69, 9.17) is 0 Å². The average molecular weight is 419 g/mol. The predicted molar refractivity (Wildman–Crippen MR) is 116 cm³/mol. The highest BCUT2D eigenvalue weighted by Crippen LogP contribution is 2.23. The Bertz CT molecular complexity index is 1090. The van der Waals surface area contributed by atoms with Crippen molar-refractivity contribution in [1.29, 1.82) is 0 Å². The zero-order valence-corrected chi connectivity index (χ0v) is 17.4. The summed E-state index contributed by atoms with van der Waals surface area (Å²) in [6, 6.07) is 17.8. The van der Waals surface area contributed by atoms with Gasteiger partial charge < -0.3 is 5.32 Å². The Balaban J connectivity index is 1.44. The van der Waals surface area contributed by atoms with Crippen LogP contribution in [0.15, 0.2) is 84.8 Å². The van der Waals surface area contributed by atoms with Crippen LogP contribution in [-0.2, 0) is 11.3 Å². The van der Waals surface area contributed by atoms with E-state index in [0.717, 1.165) is 22.0 Å². The summed E-state index contributed by atoms with van der Waals surface area (Å²) in [4.78, 5) is 21.2. The summed E-state index contributed by atoms with van der Waals surface area (Å²) >= 11 is 1.42. The second-order valence-electron chi connectivity index (χ2n) is 6.80. The number of amides is 1. The van der Waals surface area contributed by atoms with Crippen molar-refractivity contribution < 1.29 is 4.79 Å². The van der Waals surface area contributed by atoms with Crippen molar-refractivity contribution in [3.05, 3.63) is 90.8 Å². The number of aromatic nitrogens is 5. The molecule has 8 heteroatoms. The molecule has 2 aromatic carbocycles. The number of thioether (sulfide) groups is 1. The number of nitrogens with one attached hydrogen (secondary N) is 1. The predicted octanol–water partition coefficient (Wildman–Crippen LogP) is 3.42. The number of para-hydroxylation sites is 1. The van der Waals surface area contributed by atoms with E-state index in [1.165, 1.54) is 18.1 Å². The molecular formula is C22H22N6OS. The first-order valence-electron chi connectivity index (χ1n) is 9.59. The van der Waals surface area contributed by atoms with Crippen LogP contribution in [0.25, 0.3) is 5.69 Å². The van der Waals surface area contributed by atoms with Crippen molar-refractivity contribution in [2.75, 3.05) is 5.75 Å². The molecule has 1 atom stereocenters. The molecule has 152 valence electrons. The van der Waals surface area contributed by atoms with Crippen LogP contribution < -0.4 is 5.32 Å².